The molecule has 0 bridgehead atoms. The van der Waals surface area contributed by atoms with E-state index in [1.165, 1.54) is 0 Å². The molecule has 1 heterocycles. The van der Waals surface area contributed by atoms with E-state index in [1.54, 1.807) is 0 Å². The van der Waals surface area contributed by atoms with Crippen LogP contribution in [0.15, 0.2) is 30.3 Å². The predicted molar refractivity (Wildman–Crippen MR) is 73.9 cm³/mol. The third-order valence-corrected chi connectivity index (χ3v) is 4.37. The van der Waals surface area contributed by atoms with Gasteiger partial charge in [0.1, 0.15) is 18.0 Å². The molecule has 4 heteroatoms. The number of alkyl halides is 1. The Hall–Kier alpha value is -0.580. The SMILES string of the molecule is CC1(C)OCC(Br)(Oc2ccccc2)C(C)(C)O1. The molecule has 1 aliphatic rings. The minimum Gasteiger partial charge on any atom is -0.471 e. The molecular weight excluding hydrogens is 296 g/mol. The van der Waals surface area contributed by atoms with E-state index in [4.69, 9.17) is 14.2 Å². The van der Waals surface area contributed by atoms with E-state index in [-0.39, 0.29) is 0 Å². The maximum Gasteiger partial charge on any atom is 0.214 e. The van der Waals surface area contributed by atoms with E-state index in [9.17, 15) is 0 Å². The Morgan fingerprint density at radius 3 is 2.28 bits per heavy atom. The first kappa shape index (κ1) is 13.8. The van der Waals surface area contributed by atoms with Gasteiger partial charge in [0.15, 0.2) is 5.79 Å². The zero-order valence-corrected chi connectivity index (χ0v) is 12.8. The van der Waals surface area contributed by atoms with Gasteiger partial charge >= 0.3 is 0 Å². The van der Waals surface area contributed by atoms with Crippen molar-refractivity contribution in [2.75, 3.05) is 6.61 Å². The molecule has 1 aromatic carbocycles. The molecule has 0 N–H and O–H groups in total. The Kier molecular flexibility index (Phi) is 3.47. The minimum absolute atomic E-state index is 0.419. The number of para-hydroxylation sites is 1. The van der Waals surface area contributed by atoms with Crippen LogP contribution in [-0.2, 0) is 9.47 Å². The van der Waals surface area contributed by atoms with Crippen molar-refractivity contribution < 1.29 is 14.2 Å². The summed E-state index contributed by atoms with van der Waals surface area (Å²) in [5.41, 5.74) is -0.509. The van der Waals surface area contributed by atoms with Crippen LogP contribution in [0, 0.1) is 0 Å². The van der Waals surface area contributed by atoms with Crippen molar-refractivity contribution in [2.45, 2.75) is 43.6 Å². The van der Waals surface area contributed by atoms with Gasteiger partial charge in [-0.15, -0.1) is 0 Å². The Bertz CT molecular complexity index is 416. The first-order valence-corrected chi connectivity index (χ1v) is 6.81. The molecule has 1 aliphatic heterocycles. The van der Waals surface area contributed by atoms with E-state index in [2.05, 4.69) is 15.9 Å². The largest absolute Gasteiger partial charge is 0.471 e. The van der Waals surface area contributed by atoms with Gasteiger partial charge in [-0.3, -0.25) is 0 Å². The molecule has 0 saturated carbocycles. The van der Waals surface area contributed by atoms with Crippen LogP contribution < -0.4 is 4.74 Å². The Morgan fingerprint density at radius 2 is 1.72 bits per heavy atom. The molecule has 1 unspecified atom stereocenters. The lowest BCUT2D eigenvalue weighted by atomic mass is 9.99. The average molecular weight is 315 g/mol. The lowest BCUT2D eigenvalue weighted by Crippen LogP contribution is -2.63. The van der Waals surface area contributed by atoms with Crippen molar-refractivity contribution in [1.82, 2.24) is 0 Å². The maximum atomic E-state index is 6.02. The fourth-order valence-electron chi connectivity index (χ4n) is 1.99. The van der Waals surface area contributed by atoms with E-state index in [0.717, 1.165) is 5.75 Å². The van der Waals surface area contributed by atoms with Crippen molar-refractivity contribution in [3.63, 3.8) is 0 Å². The molecule has 2 rings (SSSR count). The van der Waals surface area contributed by atoms with Gasteiger partial charge in [-0.2, -0.15) is 0 Å². The zero-order valence-electron chi connectivity index (χ0n) is 11.2. The van der Waals surface area contributed by atoms with Crippen molar-refractivity contribution in [2.24, 2.45) is 0 Å². The van der Waals surface area contributed by atoms with Crippen molar-refractivity contribution in [3.05, 3.63) is 30.3 Å². The smallest absolute Gasteiger partial charge is 0.214 e. The molecule has 18 heavy (non-hydrogen) atoms. The van der Waals surface area contributed by atoms with E-state index < -0.39 is 15.9 Å². The van der Waals surface area contributed by atoms with Gasteiger partial charge in [-0.25, -0.2) is 0 Å². The topological polar surface area (TPSA) is 27.7 Å². The van der Waals surface area contributed by atoms with Crippen molar-refractivity contribution in [1.29, 1.82) is 0 Å². The second-order valence-electron chi connectivity index (χ2n) is 5.44. The van der Waals surface area contributed by atoms with Gasteiger partial charge in [0.25, 0.3) is 0 Å². The van der Waals surface area contributed by atoms with E-state index >= 15 is 0 Å². The standard InChI is InChI=1S/C14H19BrO3/c1-12(2)14(15,10-16-13(3,4)18-12)17-11-8-6-5-7-9-11/h5-9H,10H2,1-4H3. The highest BCUT2D eigenvalue weighted by molar-refractivity contribution is 9.10. The fraction of sp³-hybridized carbons (Fsp3) is 0.571. The normalized spacial score (nSPS) is 29.8. The summed E-state index contributed by atoms with van der Waals surface area (Å²) in [5, 5.41) is 0. The van der Waals surface area contributed by atoms with Crippen LogP contribution in [0.4, 0.5) is 0 Å². The number of rotatable bonds is 2. The Balaban J connectivity index is 2.21. The third-order valence-electron chi connectivity index (χ3n) is 3.03. The molecule has 0 aliphatic carbocycles. The third kappa shape index (κ3) is 2.71. The van der Waals surface area contributed by atoms with E-state index in [1.807, 2.05) is 58.0 Å². The monoisotopic (exact) mass is 314 g/mol. The molecule has 1 saturated heterocycles. The van der Waals surface area contributed by atoms with Gasteiger partial charge in [0.05, 0.1) is 0 Å². The summed E-state index contributed by atoms with van der Waals surface area (Å²) < 4.78 is 17.0. The second-order valence-corrected chi connectivity index (χ2v) is 6.73. The number of ether oxygens (including phenoxy) is 3. The van der Waals surface area contributed by atoms with Gasteiger partial charge < -0.3 is 14.2 Å². The van der Waals surface area contributed by atoms with Crippen molar-refractivity contribution >= 4 is 15.9 Å². The summed E-state index contributed by atoms with van der Waals surface area (Å²) >= 11 is 3.63. The highest BCUT2D eigenvalue weighted by Gasteiger charge is 2.54. The Morgan fingerprint density at radius 1 is 1.11 bits per heavy atom. The lowest BCUT2D eigenvalue weighted by Gasteiger charge is -2.50. The summed E-state index contributed by atoms with van der Waals surface area (Å²) in [5.74, 6) is 0.190. The summed E-state index contributed by atoms with van der Waals surface area (Å²) in [7, 11) is 0. The first-order valence-electron chi connectivity index (χ1n) is 6.01. The van der Waals surface area contributed by atoms with Gasteiger partial charge in [0, 0.05) is 0 Å². The molecule has 0 amide bonds. The Labute approximate surface area is 117 Å². The van der Waals surface area contributed by atoms with Gasteiger partial charge in [0.2, 0.25) is 4.51 Å². The lowest BCUT2D eigenvalue weighted by molar-refractivity contribution is -0.335. The van der Waals surface area contributed by atoms with Crippen LogP contribution in [0.5, 0.6) is 5.75 Å². The molecule has 1 atom stereocenters. The number of hydrogen-bond donors (Lipinski definition) is 0. The van der Waals surface area contributed by atoms with Gasteiger partial charge in [-0.05, 0) is 55.8 Å². The minimum atomic E-state index is -0.698. The molecular formula is C14H19BrO3. The van der Waals surface area contributed by atoms with E-state index in [0.29, 0.717) is 6.61 Å². The number of benzene rings is 1. The molecule has 1 fully saturated rings. The van der Waals surface area contributed by atoms with Crippen molar-refractivity contribution in [3.8, 4) is 5.75 Å². The number of halogens is 1. The summed E-state index contributed by atoms with van der Waals surface area (Å²) in [6, 6.07) is 9.66. The molecule has 0 spiro atoms. The average Bonchev–Trinajstić information content (AvgIpc) is 2.25. The molecule has 3 nitrogen and oxygen atoms in total. The highest BCUT2D eigenvalue weighted by atomic mass is 79.9. The van der Waals surface area contributed by atoms with Crippen LogP contribution in [0.2, 0.25) is 0 Å². The maximum absolute atomic E-state index is 6.02. The first-order chi connectivity index (χ1) is 8.24. The van der Waals surface area contributed by atoms with Crippen LogP contribution in [0.3, 0.4) is 0 Å². The van der Waals surface area contributed by atoms with Crippen LogP contribution in [0.1, 0.15) is 27.7 Å². The van der Waals surface area contributed by atoms with Crippen LogP contribution >= 0.6 is 15.9 Å². The summed E-state index contributed by atoms with van der Waals surface area (Å²) in [6.45, 7) is 8.22. The molecule has 100 valence electrons. The molecule has 1 aromatic rings. The second kappa shape index (κ2) is 4.51. The highest BCUT2D eigenvalue weighted by Crippen LogP contribution is 2.43. The van der Waals surface area contributed by atoms with Gasteiger partial charge in [-0.1, -0.05) is 18.2 Å². The zero-order chi connectivity index (χ0) is 13.4. The number of hydrogen-bond acceptors (Lipinski definition) is 3. The summed E-state index contributed by atoms with van der Waals surface area (Å²) in [6.07, 6.45) is 0. The molecule has 0 radical (unpaired) electrons. The van der Waals surface area contributed by atoms with Crippen LogP contribution in [0.25, 0.3) is 0 Å². The molecule has 0 aromatic heterocycles. The quantitative estimate of drug-likeness (QED) is 0.779. The summed E-state index contributed by atoms with van der Waals surface area (Å²) in [4.78, 5) is 0. The fourth-order valence-corrected chi connectivity index (χ4v) is 2.37. The predicted octanol–water partition coefficient (Wildman–Crippen LogP) is 3.72. The van der Waals surface area contributed by atoms with Crippen LogP contribution in [-0.4, -0.2) is 22.5 Å².